The van der Waals surface area contributed by atoms with Gasteiger partial charge in [0.15, 0.2) is 0 Å². The van der Waals surface area contributed by atoms with E-state index in [2.05, 4.69) is 4.98 Å². The Bertz CT molecular complexity index is 1130. The standard InChI is InChI=1S/C23H24N2O4S2/c1-3-25(4-2)31(27,28)21-13-10-18(11-14-21)12-15-22(26)29-16-20-17-30-23(24-20)19-8-6-5-7-9-19/h5-15,17H,3-4,16H2,1-2H3/b15-12+. The lowest BCUT2D eigenvalue weighted by Gasteiger charge is -2.18. The molecule has 0 unspecified atom stereocenters. The zero-order valence-electron chi connectivity index (χ0n) is 17.4. The maximum atomic E-state index is 12.5. The molecule has 0 aliphatic rings. The van der Waals surface area contributed by atoms with Crippen LogP contribution >= 0.6 is 11.3 Å². The molecular weight excluding hydrogens is 432 g/mol. The van der Waals surface area contributed by atoms with Gasteiger partial charge in [0.25, 0.3) is 0 Å². The van der Waals surface area contributed by atoms with E-state index >= 15 is 0 Å². The van der Waals surface area contributed by atoms with Crippen LogP contribution in [0.5, 0.6) is 0 Å². The van der Waals surface area contributed by atoms with Crippen LogP contribution in [0, 0.1) is 0 Å². The summed E-state index contributed by atoms with van der Waals surface area (Å²) in [5, 5.41) is 2.75. The third-order valence-electron chi connectivity index (χ3n) is 4.57. The summed E-state index contributed by atoms with van der Waals surface area (Å²) in [5.74, 6) is -0.492. The molecule has 6 nitrogen and oxygen atoms in total. The van der Waals surface area contributed by atoms with Crippen LogP contribution in [0.4, 0.5) is 0 Å². The molecule has 1 heterocycles. The Hall–Kier alpha value is -2.81. The number of esters is 1. The van der Waals surface area contributed by atoms with Crippen molar-refractivity contribution >= 4 is 33.4 Å². The molecule has 0 saturated carbocycles. The summed E-state index contributed by atoms with van der Waals surface area (Å²) in [6, 6.07) is 16.2. The Balaban J connectivity index is 1.56. The summed E-state index contributed by atoms with van der Waals surface area (Å²) in [7, 11) is -3.50. The molecule has 8 heteroatoms. The van der Waals surface area contributed by atoms with E-state index in [1.54, 1.807) is 44.2 Å². The number of thiazole rings is 1. The van der Waals surface area contributed by atoms with Crippen LogP contribution in [0.1, 0.15) is 25.1 Å². The molecule has 0 bridgehead atoms. The average molecular weight is 457 g/mol. The Kier molecular flexibility index (Phi) is 7.73. The fourth-order valence-corrected chi connectivity index (χ4v) is 5.18. The topological polar surface area (TPSA) is 76.6 Å². The fraction of sp³-hybridized carbons (Fsp3) is 0.217. The SMILES string of the molecule is CCN(CC)S(=O)(=O)c1ccc(/C=C/C(=O)OCc2csc(-c3ccccc3)n2)cc1. The summed E-state index contributed by atoms with van der Waals surface area (Å²) in [6.45, 7) is 4.53. The molecule has 3 aromatic rings. The number of carbonyl (C=O) groups is 1. The predicted octanol–water partition coefficient (Wildman–Crippen LogP) is 4.60. The van der Waals surface area contributed by atoms with Gasteiger partial charge in [0, 0.05) is 30.1 Å². The minimum absolute atomic E-state index is 0.0908. The van der Waals surface area contributed by atoms with Crippen molar-refractivity contribution in [3.05, 3.63) is 77.3 Å². The molecule has 0 atom stereocenters. The Morgan fingerprint density at radius 3 is 2.39 bits per heavy atom. The monoisotopic (exact) mass is 456 g/mol. The Labute approximate surface area is 186 Å². The lowest BCUT2D eigenvalue weighted by atomic mass is 10.2. The number of ether oxygens (including phenoxy) is 1. The summed E-state index contributed by atoms with van der Waals surface area (Å²) in [4.78, 5) is 16.7. The number of hydrogen-bond donors (Lipinski definition) is 0. The first-order valence-electron chi connectivity index (χ1n) is 9.89. The minimum atomic E-state index is -3.50. The van der Waals surface area contributed by atoms with Crippen LogP contribution in [0.25, 0.3) is 16.6 Å². The third kappa shape index (κ3) is 5.88. The second-order valence-corrected chi connectivity index (χ2v) is 9.41. The maximum absolute atomic E-state index is 12.5. The third-order valence-corrected chi connectivity index (χ3v) is 7.57. The summed E-state index contributed by atoms with van der Waals surface area (Å²) in [6.07, 6.45) is 2.91. The van der Waals surface area contributed by atoms with Crippen LogP contribution in [-0.2, 0) is 26.2 Å². The van der Waals surface area contributed by atoms with Gasteiger partial charge in [-0.3, -0.25) is 0 Å². The fourth-order valence-electron chi connectivity index (χ4n) is 2.91. The summed E-state index contributed by atoms with van der Waals surface area (Å²) in [5.41, 5.74) is 2.42. The van der Waals surface area contributed by atoms with E-state index in [1.807, 2.05) is 35.7 Å². The molecular formula is C23H24N2O4S2. The first-order valence-corrected chi connectivity index (χ1v) is 12.2. The average Bonchev–Trinajstić information content (AvgIpc) is 3.27. The van der Waals surface area contributed by atoms with Gasteiger partial charge in [-0.05, 0) is 23.8 Å². The predicted molar refractivity (Wildman–Crippen MR) is 123 cm³/mol. The summed E-state index contributed by atoms with van der Waals surface area (Å²) >= 11 is 1.50. The molecule has 0 fully saturated rings. The van der Waals surface area contributed by atoms with Crippen LogP contribution < -0.4 is 0 Å². The first kappa shape index (κ1) is 22.9. The number of benzene rings is 2. The van der Waals surface area contributed by atoms with Crippen LogP contribution in [0.3, 0.4) is 0 Å². The molecule has 2 aromatic carbocycles. The van der Waals surface area contributed by atoms with Gasteiger partial charge in [-0.15, -0.1) is 11.3 Å². The van der Waals surface area contributed by atoms with Crippen molar-refractivity contribution in [3.8, 4) is 10.6 Å². The van der Waals surface area contributed by atoms with E-state index in [1.165, 1.54) is 21.7 Å². The van der Waals surface area contributed by atoms with Crippen molar-refractivity contribution in [1.82, 2.24) is 9.29 Å². The minimum Gasteiger partial charge on any atom is -0.456 e. The van der Waals surface area contributed by atoms with E-state index in [-0.39, 0.29) is 11.5 Å². The zero-order chi connectivity index (χ0) is 22.3. The van der Waals surface area contributed by atoms with Gasteiger partial charge in [0.05, 0.1) is 10.6 Å². The van der Waals surface area contributed by atoms with Crippen molar-refractivity contribution < 1.29 is 17.9 Å². The lowest BCUT2D eigenvalue weighted by Crippen LogP contribution is -2.30. The van der Waals surface area contributed by atoms with Gasteiger partial charge in [-0.25, -0.2) is 18.2 Å². The van der Waals surface area contributed by atoms with Crippen LogP contribution in [-0.4, -0.2) is 36.8 Å². The molecule has 162 valence electrons. The van der Waals surface area contributed by atoms with E-state index in [0.717, 1.165) is 10.6 Å². The van der Waals surface area contributed by atoms with Crippen molar-refractivity contribution in [2.45, 2.75) is 25.3 Å². The van der Waals surface area contributed by atoms with Crippen molar-refractivity contribution in [2.75, 3.05) is 13.1 Å². The van der Waals surface area contributed by atoms with E-state index in [9.17, 15) is 13.2 Å². The molecule has 3 rings (SSSR count). The van der Waals surface area contributed by atoms with Gasteiger partial charge in [-0.1, -0.05) is 56.3 Å². The molecule has 0 aliphatic carbocycles. The van der Waals surface area contributed by atoms with Crippen LogP contribution in [0.15, 0.2) is 70.9 Å². The van der Waals surface area contributed by atoms with E-state index < -0.39 is 16.0 Å². The Morgan fingerprint density at radius 2 is 1.74 bits per heavy atom. The van der Waals surface area contributed by atoms with Gasteiger partial charge >= 0.3 is 5.97 Å². The van der Waals surface area contributed by atoms with E-state index in [4.69, 9.17) is 4.74 Å². The van der Waals surface area contributed by atoms with Crippen molar-refractivity contribution in [1.29, 1.82) is 0 Å². The molecule has 0 aliphatic heterocycles. The number of aromatic nitrogens is 1. The van der Waals surface area contributed by atoms with E-state index in [0.29, 0.717) is 24.3 Å². The molecule has 0 N–H and O–H groups in total. The van der Waals surface area contributed by atoms with Crippen LogP contribution in [0.2, 0.25) is 0 Å². The highest BCUT2D eigenvalue weighted by molar-refractivity contribution is 7.89. The van der Waals surface area contributed by atoms with Gasteiger partial charge in [0.1, 0.15) is 11.6 Å². The first-order chi connectivity index (χ1) is 14.9. The highest BCUT2D eigenvalue weighted by Crippen LogP contribution is 2.23. The number of sulfonamides is 1. The largest absolute Gasteiger partial charge is 0.456 e. The number of rotatable bonds is 9. The molecule has 0 amide bonds. The lowest BCUT2D eigenvalue weighted by molar-refractivity contribution is -0.139. The Morgan fingerprint density at radius 1 is 1.06 bits per heavy atom. The number of hydrogen-bond acceptors (Lipinski definition) is 6. The molecule has 0 radical (unpaired) electrons. The number of carbonyl (C=O) groups excluding carboxylic acids is 1. The molecule has 31 heavy (non-hydrogen) atoms. The van der Waals surface area contributed by atoms with Crippen molar-refractivity contribution in [2.24, 2.45) is 0 Å². The zero-order valence-corrected chi connectivity index (χ0v) is 19.0. The highest BCUT2D eigenvalue weighted by atomic mass is 32.2. The molecule has 0 saturated heterocycles. The second-order valence-electron chi connectivity index (χ2n) is 6.61. The normalized spacial score (nSPS) is 11.8. The molecule has 0 spiro atoms. The molecule has 1 aromatic heterocycles. The summed E-state index contributed by atoms with van der Waals surface area (Å²) < 4.78 is 31.7. The number of nitrogens with zero attached hydrogens (tertiary/aromatic N) is 2. The van der Waals surface area contributed by atoms with Crippen molar-refractivity contribution in [3.63, 3.8) is 0 Å². The van der Waals surface area contributed by atoms with Gasteiger partial charge in [0.2, 0.25) is 10.0 Å². The quantitative estimate of drug-likeness (QED) is 0.347. The highest BCUT2D eigenvalue weighted by Gasteiger charge is 2.20. The maximum Gasteiger partial charge on any atom is 0.331 e. The smallest absolute Gasteiger partial charge is 0.331 e. The second kappa shape index (κ2) is 10.5. The van der Waals surface area contributed by atoms with Gasteiger partial charge < -0.3 is 4.74 Å². The van der Waals surface area contributed by atoms with Gasteiger partial charge in [-0.2, -0.15) is 4.31 Å².